The van der Waals surface area contributed by atoms with Crippen LogP contribution in [0.25, 0.3) is 0 Å². The highest BCUT2D eigenvalue weighted by molar-refractivity contribution is 9.09. The molecule has 0 fully saturated rings. The van der Waals surface area contributed by atoms with Crippen molar-refractivity contribution in [3.63, 3.8) is 0 Å². The van der Waals surface area contributed by atoms with Gasteiger partial charge in [-0.25, -0.2) is 0 Å². The summed E-state index contributed by atoms with van der Waals surface area (Å²) in [5, 5.41) is 0. The average molecular weight is 393 g/mol. The maximum absolute atomic E-state index is 12.2. The van der Waals surface area contributed by atoms with Crippen LogP contribution >= 0.6 is 15.9 Å². The molecule has 0 spiro atoms. The first-order valence-electron chi connectivity index (χ1n) is 8.26. The molecule has 2 rings (SSSR count). The molecule has 0 saturated carbocycles. The van der Waals surface area contributed by atoms with Crippen molar-refractivity contribution >= 4 is 21.7 Å². The molecule has 24 heavy (non-hydrogen) atoms. The van der Waals surface area contributed by atoms with Crippen LogP contribution < -0.4 is 4.74 Å². The van der Waals surface area contributed by atoms with Gasteiger partial charge >= 0.3 is 0 Å². The molecular weight excluding hydrogens is 368 g/mol. The number of ketones is 1. The van der Waals surface area contributed by atoms with Crippen LogP contribution in [0, 0.1) is 5.92 Å². The summed E-state index contributed by atoms with van der Waals surface area (Å²) in [6, 6.07) is 7.85. The third-order valence-corrected chi connectivity index (χ3v) is 4.92. The Morgan fingerprint density at radius 1 is 1.08 bits per heavy atom. The Hall–Kier alpha value is -1.55. The maximum Gasteiger partial charge on any atom is 0.138 e. The molecule has 4 heteroatoms. The lowest BCUT2D eigenvalue weighted by Crippen LogP contribution is -2.33. The smallest absolute Gasteiger partial charge is 0.138 e. The highest BCUT2D eigenvalue weighted by Gasteiger charge is 2.40. The highest BCUT2D eigenvalue weighted by Crippen LogP contribution is 2.45. The van der Waals surface area contributed by atoms with Crippen molar-refractivity contribution in [2.45, 2.75) is 51.2 Å². The van der Waals surface area contributed by atoms with Gasteiger partial charge < -0.3 is 9.47 Å². The fourth-order valence-electron chi connectivity index (χ4n) is 2.78. The number of allylic oxidation sites excluding steroid dienone is 3. The van der Waals surface area contributed by atoms with E-state index in [0.717, 1.165) is 17.1 Å². The van der Waals surface area contributed by atoms with Crippen LogP contribution in [0.15, 0.2) is 48.3 Å². The predicted molar refractivity (Wildman–Crippen MR) is 100 cm³/mol. The second-order valence-electron chi connectivity index (χ2n) is 6.62. The van der Waals surface area contributed by atoms with Crippen LogP contribution in [-0.4, -0.2) is 18.0 Å². The zero-order valence-electron chi connectivity index (χ0n) is 14.9. The number of halogens is 1. The van der Waals surface area contributed by atoms with Crippen LogP contribution in [-0.2, 0) is 13.9 Å². The predicted octanol–water partition coefficient (Wildman–Crippen LogP) is 5.15. The molecule has 0 saturated heterocycles. The van der Waals surface area contributed by atoms with Crippen molar-refractivity contribution < 1.29 is 14.3 Å². The van der Waals surface area contributed by atoms with Crippen LogP contribution in [0.3, 0.4) is 0 Å². The Labute approximate surface area is 152 Å². The Morgan fingerprint density at radius 2 is 1.67 bits per heavy atom. The van der Waals surface area contributed by atoms with E-state index < -0.39 is 4.32 Å². The molecule has 0 aliphatic heterocycles. The highest BCUT2D eigenvalue weighted by atomic mass is 79.9. The quantitative estimate of drug-likeness (QED) is 0.628. The van der Waals surface area contributed by atoms with Crippen molar-refractivity contribution in [2.24, 2.45) is 5.92 Å². The lowest BCUT2D eigenvalue weighted by Gasteiger charge is -2.34. The summed E-state index contributed by atoms with van der Waals surface area (Å²) < 4.78 is 10.9. The van der Waals surface area contributed by atoms with Crippen molar-refractivity contribution in [1.82, 2.24) is 0 Å². The topological polar surface area (TPSA) is 35.5 Å². The van der Waals surface area contributed by atoms with Crippen LogP contribution in [0.5, 0.6) is 5.75 Å². The molecule has 1 aromatic carbocycles. The number of alkyl halides is 1. The first-order valence-corrected chi connectivity index (χ1v) is 9.06. The molecule has 0 radical (unpaired) electrons. The number of ether oxygens (including phenoxy) is 2. The van der Waals surface area contributed by atoms with Gasteiger partial charge in [0.2, 0.25) is 0 Å². The van der Waals surface area contributed by atoms with E-state index in [1.165, 1.54) is 0 Å². The molecule has 1 aliphatic rings. The summed E-state index contributed by atoms with van der Waals surface area (Å²) in [5.41, 5.74) is 0.994. The van der Waals surface area contributed by atoms with Gasteiger partial charge in [-0.2, -0.15) is 0 Å². The minimum atomic E-state index is -0.617. The van der Waals surface area contributed by atoms with Crippen LogP contribution in [0.1, 0.15) is 40.2 Å². The summed E-state index contributed by atoms with van der Waals surface area (Å²) >= 11 is 3.81. The Morgan fingerprint density at radius 3 is 2.17 bits per heavy atom. The Balaban J connectivity index is 2.38. The number of hydrogen-bond donors (Lipinski definition) is 0. The number of hydrogen-bond acceptors (Lipinski definition) is 3. The number of carbonyl (C=O) groups excluding carboxylic acids is 1. The van der Waals surface area contributed by atoms with Gasteiger partial charge in [0.25, 0.3) is 0 Å². The molecule has 0 N–H and O–H groups in total. The third-order valence-electron chi connectivity index (χ3n) is 3.74. The third kappa shape index (κ3) is 4.29. The number of benzene rings is 1. The van der Waals surface area contributed by atoms with E-state index in [4.69, 9.17) is 9.47 Å². The normalized spacial score (nSPS) is 23.3. The van der Waals surface area contributed by atoms with Crippen molar-refractivity contribution in [1.29, 1.82) is 0 Å². The molecule has 3 nitrogen and oxygen atoms in total. The SMILES string of the molecule is CC(=O)C1C=CC(OC(C)C)=CC1(Br)c1ccc(OC(C)C)cc1. The van der Waals surface area contributed by atoms with Gasteiger partial charge in [0.1, 0.15) is 17.3 Å². The standard InChI is InChI=1S/C20H25BrO3/c1-13(2)23-17-8-6-16(7-9-17)20(21)12-18(24-14(3)4)10-11-19(20)15(5)22/h6-14,19H,1-5H3. The molecule has 1 aliphatic carbocycles. The van der Waals surface area contributed by atoms with Gasteiger partial charge in [0, 0.05) is 0 Å². The summed E-state index contributed by atoms with van der Waals surface area (Å²) in [4.78, 5) is 12.2. The van der Waals surface area contributed by atoms with E-state index in [9.17, 15) is 4.79 Å². The summed E-state index contributed by atoms with van der Waals surface area (Å²) in [6.45, 7) is 9.58. The Kier molecular flexibility index (Phi) is 5.92. The summed E-state index contributed by atoms with van der Waals surface area (Å²) in [7, 11) is 0. The summed E-state index contributed by atoms with van der Waals surface area (Å²) in [6.07, 6.45) is 5.97. The van der Waals surface area contributed by atoms with Crippen molar-refractivity contribution in [2.75, 3.05) is 0 Å². The second-order valence-corrected chi connectivity index (χ2v) is 7.93. The van der Waals surface area contributed by atoms with Gasteiger partial charge in [-0.1, -0.05) is 34.1 Å². The van der Waals surface area contributed by atoms with Gasteiger partial charge in [-0.15, -0.1) is 0 Å². The molecule has 0 amide bonds. The van der Waals surface area contributed by atoms with Gasteiger partial charge in [-0.3, -0.25) is 4.79 Å². The molecular formula is C20H25BrO3. The number of carbonyl (C=O) groups is 1. The lowest BCUT2D eigenvalue weighted by atomic mass is 9.80. The molecule has 2 unspecified atom stereocenters. The van der Waals surface area contributed by atoms with E-state index in [1.807, 2.05) is 70.2 Å². The Bertz CT molecular complexity index is 643. The number of rotatable bonds is 6. The lowest BCUT2D eigenvalue weighted by molar-refractivity contribution is -0.119. The van der Waals surface area contributed by atoms with Gasteiger partial charge in [-0.05, 0) is 64.5 Å². The van der Waals surface area contributed by atoms with Crippen molar-refractivity contribution in [3.8, 4) is 5.75 Å². The minimum absolute atomic E-state index is 0.0772. The summed E-state index contributed by atoms with van der Waals surface area (Å²) in [5.74, 6) is 1.40. The average Bonchev–Trinajstić information content (AvgIpc) is 2.46. The van der Waals surface area contributed by atoms with Gasteiger partial charge in [0.15, 0.2) is 0 Å². The van der Waals surface area contributed by atoms with E-state index in [0.29, 0.717) is 0 Å². The first-order chi connectivity index (χ1) is 11.2. The fourth-order valence-corrected chi connectivity index (χ4v) is 3.74. The van der Waals surface area contributed by atoms with E-state index in [1.54, 1.807) is 6.92 Å². The molecule has 0 aromatic heterocycles. The molecule has 0 heterocycles. The zero-order valence-corrected chi connectivity index (χ0v) is 16.5. The van der Waals surface area contributed by atoms with E-state index >= 15 is 0 Å². The van der Waals surface area contributed by atoms with Crippen LogP contribution in [0.2, 0.25) is 0 Å². The fraction of sp³-hybridized carbons (Fsp3) is 0.450. The molecule has 2 atom stereocenters. The molecule has 0 bridgehead atoms. The zero-order chi connectivity index (χ0) is 17.9. The van der Waals surface area contributed by atoms with E-state index in [-0.39, 0.29) is 23.9 Å². The molecule has 1 aromatic rings. The van der Waals surface area contributed by atoms with Crippen LogP contribution in [0.4, 0.5) is 0 Å². The van der Waals surface area contributed by atoms with Gasteiger partial charge in [0.05, 0.1) is 22.5 Å². The molecule has 130 valence electrons. The first kappa shape index (κ1) is 18.8. The second kappa shape index (κ2) is 7.56. The van der Waals surface area contributed by atoms with E-state index in [2.05, 4.69) is 15.9 Å². The number of Topliss-reactive ketones (excluding diaryl/α,β-unsaturated/α-hetero) is 1. The monoisotopic (exact) mass is 392 g/mol. The largest absolute Gasteiger partial charge is 0.491 e. The minimum Gasteiger partial charge on any atom is -0.491 e. The maximum atomic E-state index is 12.2. The van der Waals surface area contributed by atoms with Crippen molar-refractivity contribution in [3.05, 3.63) is 53.8 Å².